The molecule has 296 valence electrons. The molecule has 16 heteroatoms. The number of methoxy groups -OCH3 is 2. The van der Waals surface area contributed by atoms with Crippen LogP contribution in [-0.4, -0.2) is 68.9 Å². The molecule has 2 heterocycles. The van der Waals surface area contributed by atoms with Crippen molar-refractivity contribution < 1.29 is 51.2 Å². The lowest BCUT2D eigenvalue weighted by Gasteiger charge is -2.28. The van der Waals surface area contributed by atoms with Gasteiger partial charge in [-0.05, 0) is 66.9 Å². The smallest absolute Gasteiger partial charge is 0.326 e. The average Bonchev–Trinajstić information content (AvgIpc) is 3.70. The molecule has 3 N–H and O–H groups in total. The second kappa shape index (κ2) is 17.3. The maximum atomic E-state index is 13.4. The number of carbonyl (C=O) groups excluding carboxylic acids is 2. The topological polar surface area (TPSA) is 176 Å². The summed E-state index contributed by atoms with van der Waals surface area (Å²) < 4.78 is 54.3. The van der Waals surface area contributed by atoms with Crippen molar-refractivity contribution in [2.75, 3.05) is 36.4 Å². The number of rotatable bonds is 16. The minimum atomic E-state index is -4.47. The van der Waals surface area contributed by atoms with Crippen LogP contribution in [0.3, 0.4) is 0 Å². The Kier molecular flexibility index (Phi) is 12.3. The van der Waals surface area contributed by atoms with Gasteiger partial charge < -0.3 is 29.5 Å². The number of allylic oxidation sites excluding steroid dienone is 2. The number of aliphatic carboxylic acids is 1. The fourth-order valence-corrected chi connectivity index (χ4v) is 8.12. The van der Waals surface area contributed by atoms with Crippen molar-refractivity contribution in [3.8, 4) is 28.4 Å². The molecule has 0 aliphatic carbocycles. The van der Waals surface area contributed by atoms with Crippen molar-refractivity contribution in [2.24, 2.45) is 0 Å². The van der Waals surface area contributed by atoms with Crippen LogP contribution in [0.1, 0.15) is 35.6 Å². The number of nitrogens with one attached hydrogen (secondary N) is 1. The van der Waals surface area contributed by atoms with Crippen LogP contribution in [-0.2, 0) is 26.4 Å². The molecule has 1 atom stereocenters. The highest BCUT2D eigenvalue weighted by Gasteiger charge is 2.31. The van der Waals surface area contributed by atoms with Crippen LogP contribution in [0.4, 0.5) is 11.4 Å². The van der Waals surface area contributed by atoms with Crippen molar-refractivity contribution in [1.29, 1.82) is 0 Å². The molecule has 5 aromatic rings. The fraction of sp³-hybridized carbons (Fsp3) is 0.220. The minimum absolute atomic E-state index is 0.0311. The lowest BCUT2D eigenvalue weighted by molar-refractivity contribution is -0.672. The van der Waals surface area contributed by atoms with Gasteiger partial charge in [-0.25, -0.2) is 4.79 Å². The van der Waals surface area contributed by atoms with Crippen LogP contribution in [0.15, 0.2) is 102 Å². The number of benzene rings is 4. The first-order valence-corrected chi connectivity index (χ1v) is 20.1. The first-order chi connectivity index (χ1) is 27.3. The van der Waals surface area contributed by atoms with Gasteiger partial charge in [-0.1, -0.05) is 47.7 Å². The van der Waals surface area contributed by atoms with Crippen molar-refractivity contribution >= 4 is 67.3 Å². The largest absolute Gasteiger partial charge is 0.493 e. The Morgan fingerprint density at radius 2 is 1.70 bits per heavy atom. The summed E-state index contributed by atoms with van der Waals surface area (Å²) in [6.07, 6.45) is 4.19. The van der Waals surface area contributed by atoms with Gasteiger partial charge in [0.15, 0.2) is 23.1 Å². The van der Waals surface area contributed by atoms with Gasteiger partial charge in [-0.3, -0.25) is 19.0 Å². The molecule has 0 radical (unpaired) electrons. The summed E-state index contributed by atoms with van der Waals surface area (Å²) in [4.78, 5) is 39.4. The number of carboxylic acid groups (broad SMARTS) is 1. The predicted octanol–water partition coefficient (Wildman–Crippen LogP) is 6.12. The molecule has 1 aliphatic heterocycles. The van der Waals surface area contributed by atoms with Crippen molar-refractivity contribution in [2.45, 2.75) is 33.0 Å². The zero-order valence-electron chi connectivity index (χ0n) is 31.5. The van der Waals surface area contributed by atoms with E-state index in [1.165, 1.54) is 37.4 Å². The molecule has 0 saturated carbocycles. The van der Waals surface area contributed by atoms with E-state index < -0.39 is 28.0 Å². The Balaban J connectivity index is 1.29. The first kappa shape index (κ1) is 40.4. The van der Waals surface area contributed by atoms with E-state index in [0.717, 1.165) is 21.3 Å². The summed E-state index contributed by atoms with van der Waals surface area (Å²) in [5.41, 5.74) is 4.62. The van der Waals surface area contributed by atoms with Crippen LogP contribution in [0, 0.1) is 0 Å². The summed E-state index contributed by atoms with van der Waals surface area (Å²) in [6.45, 7) is 3.47. The predicted molar refractivity (Wildman–Crippen MR) is 217 cm³/mol. The van der Waals surface area contributed by atoms with Crippen LogP contribution < -0.4 is 33.9 Å². The van der Waals surface area contributed by atoms with Crippen LogP contribution >= 0.6 is 11.3 Å². The zero-order valence-corrected chi connectivity index (χ0v) is 33.2. The third kappa shape index (κ3) is 9.43. The van der Waals surface area contributed by atoms with E-state index in [1.807, 2.05) is 66.1 Å². The first-order valence-electron chi connectivity index (χ1n) is 17.7. The highest BCUT2D eigenvalue weighted by atomic mass is 32.2. The van der Waals surface area contributed by atoms with E-state index in [0.29, 0.717) is 51.1 Å². The number of carboxylic acids is 1. The number of nitrogens with zero attached hydrogens (tertiary/aromatic N) is 3. The van der Waals surface area contributed by atoms with E-state index >= 15 is 0 Å². The van der Waals surface area contributed by atoms with Gasteiger partial charge >= 0.3 is 5.97 Å². The van der Waals surface area contributed by atoms with E-state index in [2.05, 4.69) is 5.32 Å². The summed E-state index contributed by atoms with van der Waals surface area (Å²) in [5, 5.41) is 13.4. The molecule has 1 unspecified atom stereocenters. The lowest BCUT2D eigenvalue weighted by atomic mass is 10.0. The quantitative estimate of drug-likeness (QED) is 0.0593. The number of amides is 1. The third-order valence-electron chi connectivity index (χ3n) is 9.27. The van der Waals surface area contributed by atoms with Gasteiger partial charge in [0.25, 0.3) is 15.1 Å². The molecule has 1 aliphatic rings. The minimum Gasteiger partial charge on any atom is -0.493 e. The number of fused-ring (bicyclic) bond motifs is 2. The molecular formula is C41H41N4O10S2+. The number of hydrogen-bond acceptors (Lipinski definition) is 11. The normalized spacial score (nSPS) is 13.9. The van der Waals surface area contributed by atoms with Crippen LogP contribution in [0.2, 0.25) is 0 Å². The van der Waals surface area contributed by atoms with Gasteiger partial charge in [0.1, 0.15) is 17.0 Å². The Hall–Kier alpha value is -6.23. The Morgan fingerprint density at radius 3 is 2.35 bits per heavy atom. The number of ether oxygens (including phenoxy) is 3. The second-order valence-electron chi connectivity index (χ2n) is 13.1. The van der Waals surface area contributed by atoms with Crippen LogP contribution in [0.5, 0.6) is 17.2 Å². The van der Waals surface area contributed by atoms with Crippen molar-refractivity contribution in [3.63, 3.8) is 0 Å². The summed E-state index contributed by atoms with van der Waals surface area (Å²) in [7, 11) is -1.41. The van der Waals surface area contributed by atoms with Crippen LogP contribution in [0.25, 0.3) is 27.4 Å². The van der Waals surface area contributed by atoms with E-state index in [4.69, 9.17) is 14.2 Å². The summed E-state index contributed by atoms with van der Waals surface area (Å²) in [5.74, 6) is -0.541. The second-order valence-corrected chi connectivity index (χ2v) is 15.6. The number of aldehydes is 1. The van der Waals surface area contributed by atoms with E-state index in [9.17, 15) is 32.5 Å². The fourth-order valence-electron chi connectivity index (χ4n) is 6.35. The summed E-state index contributed by atoms with van der Waals surface area (Å²) >= 11 is 1.42. The van der Waals surface area contributed by atoms with Gasteiger partial charge in [0.2, 0.25) is 24.0 Å². The Morgan fingerprint density at radius 1 is 1.00 bits per heavy atom. The highest BCUT2D eigenvalue weighted by molar-refractivity contribution is 7.85. The maximum Gasteiger partial charge on any atom is 0.326 e. The lowest BCUT2D eigenvalue weighted by Crippen LogP contribution is -2.46. The number of hydrogen-bond donors (Lipinski definition) is 3. The molecule has 1 amide bonds. The van der Waals surface area contributed by atoms with Gasteiger partial charge in [-0.2, -0.15) is 13.0 Å². The number of thiazole rings is 1. The van der Waals surface area contributed by atoms with Gasteiger partial charge in [0.05, 0.1) is 26.0 Å². The molecule has 0 fully saturated rings. The average molecular weight is 814 g/mol. The standard InChI is InChI=1S/C41H40N4O10S2/c1-26(18-39-45(25-57(50,51)52)32-20-30(12-15-34(32)55-39)29-8-6-5-7-9-29)19-40-44(33-21-35(53-3)36(54-4)22-37(33)56-40)24-42-38(47)16-17-43(27(2)41(48)49)31-13-10-28(23-46)11-14-31/h5-15,18-23,27H,16-17,24-25H2,1-4H3,(H2-,42,47,48,49,50,51,52)/p+1. The molecule has 1 aromatic heterocycles. The SMILES string of the molecule is COc1cc2sc(C=C(C)C=C3Oc4ccc(-c5ccccc5)cc4N3CS(=O)(=O)O)[n+](CNC(=O)CCN(c3ccc(C=O)cc3)C(C)C(=O)O)c2cc1OC. The molecule has 14 nitrogen and oxygen atoms in total. The van der Waals surface area contributed by atoms with E-state index in [1.54, 1.807) is 47.4 Å². The zero-order chi connectivity index (χ0) is 40.9. The van der Waals surface area contributed by atoms with Crippen molar-refractivity contribution in [1.82, 2.24) is 5.32 Å². The number of anilines is 2. The molecule has 0 bridgehead atoms. The molecular weight excluding hydrogens is 773 g/mol. The van der Waals surface area contributed by atoms with E-state index in [-0.39, 0.29) is 31.4 Å². The molecule has 6 rings (SSSR count). The van der Waals surface area contributed by atoms with Gasteiger partial charge in [-0.15, -0.1) is 0 Å². The molecule has 57 heavy (non-hydrogen) atoms. The molecule has 0 spiro atoms. The summed E-state index contributed by atoms with van der Waals surface area (Å²) in [6, 6.07) is 24.2. The number of carbonyl (C=O) groups is 3. The molecule has 4 aromatic carbocycles. The monoisotopic (exact) mass is 813 g/mol. The molecule has 0 saturated heterocycles. The third-order valence-corrected chi connectivity index (χ3v) is 10.9. The Labute approximate surface area is 333 Å². The maximum absolute atomic E-state index is 13.4. The highest BCUT2D eigenvalue weighted by Crippen LogP contribution is 2.42. The van der Waals surface area contributed by atoms with Crippen molar-refractivity contribution in [3.05, 3.63) is 113 Å². The Bertz CT molecular complexity index is 2480. The van der Waals surface area contributed by atoms with Gasteiger partial charge in [0, 0.05) is 42.4 Å². The number of aromatic nitrogens is 1.